The topological polar surface area (TPSA) is 12.9 Å². The molecule has 1 aromatic rings. The molecular weight excluding hydrogens is 627 g/mol. The molecule has 1 aromatic heterocycles. The van der Waals surface area contributed by atoms with Crippen LogP contribution in [0.5, 0.6) is 0 Å². The van der Waals surface area contributed by atoms with Gasteiger partial charge in [0.15, 0.2) is 0 Å². The lowest BCUT2D eigenvalue weighted by molar-refractivity contribution is 0.520. The highest BCUT2D eigenvalue weighted by atomic mass is 14.7. The Morgan fingerprint density at radius 3 is 0.635 bits per heavy atom. The highest BCUT2D eigenvalue weighted by Crippen LogP contribution is 2.18. The molecule has 0 unspecified atom stereocenters. The first-order valence-electron chi connectivity index (χ1n) is 24.7. The van der Waals surface area contributed by atoms with E-state index in [0.717, 1.165) is 12.8 Å². The Balaban J connectivity index is 1.79. The van der Waals surface area contributed by atoms with Gasteiger partial charge in [-0.3, -0.25) is 4.98 Å². The first kappa shape index (κ1) is 49.2. The standard InChI is InChI=1S/C51H96N/c1-3-5-7-9-11-13-15-17-19-21-23-25-27-29-31-33-35-37-39-41-43-46-50-48-45-49-51(52-50)47-44-42-40-38-36-34-32-30-28-26-24-22-20-18-16-14-12-10-8-6-4-2/h48-49H,3-44,46-47H2,1-2H3. The summed E-state index contributed by atoms with van der Waals surface area (Å²) < 4.78 is 0. The molecule has 0 atom stereocenters. The van der Waals surface area contributed by atoms with Crippen LogP contribution in [0.1, 0.15) is 295 Å². The predicted molar refractivity (Wildman–Crippen MR) is 236 cm³/mol. The fourth-order valence-corrected chi connectivity index (χ4v) is 8.22. The number of aryl methyl sites for hydroxylation is 2. The van der Waals surface area contributed by atoms with Gasteiger partial charge < -0.3 is 0 Å². The number of hydrogen-bond donors (Lipinski definition) is 0. The van der Waals surface area contributed by atoms with E-state index in [4.69, 9.17) is 4.98 Å². The fourth-order valence-electron chi connectivity index (χ4n) is 8.22. The monoisotopic (exact) mass is 723 g/mol. The van der Waals surface area contributed by atoms with Crippen molar-refractivity contribution in [3.8, 4) is 0 Å². The minimum absolute atomic E-state index is 1.14. The summed E-state index contributed by atoms with van der Waals surface area (Å²) in [6.45, 7) is 4.62. The van der Waals surface area contributed by atoms with Crippen LogP contribution in [-0.2, 0) is 12.8 Å². The number of pyridine rings is 1. The Kier molecular flexibility index (Phi) is 40.6. The molecule has 0 aromatic carbocycles. The SMILES string of the molecule is CCCCCCCCCCCCCCCCCCCCCCCc1c[c]cc(CCCCCCCCCCCCCCCCCCCCCCC)n1. The quantitative estimate of drug-likeness (QED) is 0.0611. The van der Waals surface area contributed by atoms with E-state index < -0.39 is 0 Å². The molecular formula is C51H96N. The van der Waals surface area contributed by atoms with E-state index >= 15 is 0 Å². The van der Waals surface area contributed by atoms with Crippen LogP contribution in [0.4, 0.5) is 0 Å². The first-order valence-corrected chi connectivity index (χ1v) is 24.7. The van der Waals surface area contributed by atoms with Crippen molar-refractivity contribution in [2.24, 2.45) is 0 Å². The van der Waals surface area contributed by atoms with Gasteiger partial charge in [-0.1, -0.05) is 271 Å². The minimum Gasteiger partial charge on any atom is -0.258 e. The van der Waals surface area contributed by atoms with Crippen LogP contribution in [0, 0.1) is 6.07 Å². The molecule has 1 rings (SSSR count). The number of nitrogens with zero attached hydrogens (tertiary/aromatic N) is 1. The lowest BCUT2D eigenvalue weighted by Crippen LogP contribution is -1.96. The summed E-state index contributed by atoms with van der Waals surface area (Å²) in [5.41, 5.74) is 2.55. The van der Waals surface area contributed by atoms with Crippen molar-refractivity contribution >= 4 is 0 Å². The molecule has 0 aliphatic rings. The van der Waals surface area contributed by atoms with E-state index in [2.05, 4.69) is 32.0 Å². The molecule has 0 fully saturated rings. The number of rotatable bonds is 44. The molecule has 0 aliphatic carbocycles. The summed E-state index contributed by atoms with van der Waals surface area (Å²) >= 11 is 0. The van der Waals surface area contributed by atoms with Crippen LogP contribution in [0.3, 0.4) is 0 Å². The average Bonchev–Trinajstić information content (AvgIpc) is 3.16. The fraction of sp³-hybridized carbons (Fsp3) is 0.902. The smallest absolute Gasteiger partial charge is 0.0413 e. The van der Waals surface area contributed by atoms with Crippen LogP contribution >= 0.6 is 0 Å². The minimum atomic E-state index is 1.14. The summed E-state index contributed by atoms with van der Waals surface area (Å²) in [6.07, 6.45) is 63.0. The predicted octanol–water partition coefficient (Wildman–Crippen LogP) is 18.4. The Morgan fingerprint density at radius 1 is 0.269 bits per heavy atom. The van der Waals surface area contributed by atoms with Gasteiger partial charge in [-0.2, -0.15) is 0 Å². The van der Waals surface area contributed by atoms with Crippen LogP contribution < -0.4 is 0 Å². The molecule has 52 heavy (non-hydrogen) atoms. The van der Waals surface area contributed by atoms with Crippen LogP contribution in [-0.4, -0.2) is 4.98 Å². The normalized spacial score (nSPS) is 11.6. The molecule has 1 heterocycles. The van der Waals surface area contributed by atoms with Crippen molar-refractivity contribution in [3.63, 3.8) is 0 Å². The van der Waals surface area contributed by atoms with Gasteiger partial charge in [0.2, 0.25) is 0 Å². The molecule has 1 nitrogen and oxygen atoms in total. The molecule has 1 radical (unpaired) electrons. The van der Waals surface area contributed by atoms with E-state index in [1.165, 1.54) is 281 Å². The summed E-state index contributed by atoms with van der Waals surface area (Å²) in [6, 6.07) is 7.67. The summed E-state index contributed by atoms with van der Waals surface area (Å²) in [7, 11) is 0. The second-order valence-corrected chi connectivity index (χ2v) is 17.2. The molecule has 0 N–H and O–H groups in total. The Hall–Kier alpha value is -0.850. The lowest BCUT2D eigenvalue weighted by atomic mass is 10.0. The lowest BCUT2D eigenvalue weighted by Gasteiger charge is -2.06. The average molecular weight is 723 g/mol. The molecule has 0 saturated carbocycles. The first-order chi connectivity index (χ1) is 25.9. The number of unbranched alkanes of at least 4 members (excludes halogenated alkanes) is 40. The maximum absolute atomic E-state index is 4.99. The van der Waals surface area contributed by atoms with Gasteiger partial charge in [0.05, 0.1) is 0 Å². The third kappa shape index (κ3) is 37.5. The number of aromatic nitrogens is 1. The second-order valence-electron chi connectivity index (χ2n) is 17.2. The maximum Gasteiger partial charge on any atom is 0.0413 e. The second kappa shape index (κ2) is 42.9. The van der Waals surface area contributed by atoms with Gasteiger partial charge in [-0.25, -0.2) is 0 Å². The zero-order valence-corrected chi connectivity index (χ0v) is 36.2. The molecule has 0 spiro atoms. The van der Waals surface area contributed by atoms with Gasteiger partial charge in [-0.15, -0.1) is 0 Å². The summed E-state index contributed by atoms with van der Waals surface area (Å²) in [4.78, 5) is 4.99. The van der Waals surface area contributed by atoms with E-state index in [0.29, 0.717) is 0 Å². The van der Waals surface area contributed by atoms with Crippen LogP contribution in [0.25, 0.3) is 0 Å². The van der Waals surface area contributed by atoms with Gasteiger partial charge in [0.1, 0.15) is 0 Å². The molecule has 0 bridgehead atoms. The maximum atomic E-state index is 4.99. The Bertz CT molecular complexity index is 724. The Labute approximate surface area is 329 Å². The van der Waals surface area contributed by atoms with E-state index in [1.54, 1.807) is 0 Å². The van der Waals surface area contributed by atoms with Crippen molar-refractivity contribution in [1.82, 2.24) is 4.98 Å². The molecule has 0 amide bonds. The van der Waals surface area contributed by atoms with Crippen molar-refractivity contribution in [2.75, 3.05) is 0 Å². The van der Waals surface area contributed by atoms with Gasteiger partial charge >= 0.3 is 0 Å². The van der Waals surface area contributed by atoms with E-state index in [-0.39, 0.29) is 0 Å². The third-order valence-corrected chi connectivity index (χ3v) is 11.9. The summed E-state index contributed by atoms with van der Waals surface area (Å²) in [5, 5.41) is 0. The van der Waals surface area contributed by atoms with Crippen LogP contribution in [0.15, 0.2) is 12.1 Å². The zero-order chi connectivity index (χ0) is 37.1. The number of hydrogen-bond acceptors (Lipinski definition) is 1. The van der Waals surface area contributed by atoms with Crippen molar-refractivity contribution in [3.05, 3.63) is 29.6 Å². The largest absolute Gasteiger partial charge is 0.258 e. The van der Waals surface area contributed by atoms with Gasteiger partial charge in [-0.05, 0) is 43.9 Å². The van der Waals surface area contributed by atoms with Crippen molar-refractivity contribution < 1.29 is 0 Å². The third-order valence-electron chi connectivity index (χ3n) is 11.9. The van der Waals surface area contributed by atoms with Crippen LogP contribution in [0.2, 0.25) is 0 Å². The van der Waals surface area contributed by atoms with Gasteiger partial charge in [0, 0.05) is 11.4 Å². The molecule has 1 heteroatoms. The summed E-state index contributed by atoms with van der Waals surface area (Å²) in [5.74, 6) is 0. The highest BCUT2D eigenvalue weighted by Gasteiger charge is 2.01. The molecule has 0 aliphatic heterocycles. The van der Waals surface area contributed by atoms with E-state index in [9.17, 15) is 0 Å². The molecule has 0 saturated heterocycles. The molecule has 305 valence electrons. The Morgan fingerprint density at radius 2 is 0.442 bits per heavy atom. The highest BCUT2D eigenvalue weighted by molar-refractivity contribution is 5.10. The zero-order valence-electron chi connectivity index (χ0n) is 36.2. The van der Waals surface area contributed by atoms with Crippen molar-refractivity contribution in [1.29, 1.82) is 0 Å². The van der Waals surface area contributed by atoms with E-state index in [1.807, 2.05) is 0 Å². The van der Waals surface area contributed by atoms with Crippen molar-refractivity contribution in [2.45, 2.75) is 296 Å². The van der Waals surface area contributed by atoms with Gasteiger partial charge in [0.25, 0.3) is 0 Å².